The van der Waals surface area contributed by atoms with E-state index in [1.165, 1.54) is 12.1 Å². The molecule has 3 aromatic rings. The summed E-state index contributed by atoms with van der Waals surface area (Å²) in [5, 5.41) is 12.7. The molecule has 0 unspecified atom stereocenters. The first kappa shape index (κ1) is 15.4. The highest BCUT2D eigenvalue weighted by Crippen LogP contribution is 2.37. The Balaban J connectivity index is 2.25. The second kappa shape index (κ2) is 5.96. The second-order valence-electron chi connectivity index (χ2n) is 5.06. The molecule has 2 aromatic carbocycles. The molecule has 0 bridgehead atoms. The number of fused-ring (bicyclic) bond motifs is 1. The topological polar surface area (TPSA) is 63.7 Å². The van der Waals surface area contributed by atoms with Crippen LogP contribution in [0.1, 0.15) is 5.76 Å². The molecule has 0 aliphatic carbocycles. The Morgan fingerprint density at radius 3 is 2.48 bits per heavy atom. The van der Waals surface area contributed by atoms with Crippen molar-refractivity contribution in [1.29, 1.82) is 0 Å². The SMILES string of the molecule is COc1cc2c(-c3ccc([N+](=O)[O-])cc3)[o+]c(C)cc2cc1Br. The van der Waals surface area contributed by atoms with E-state index in [1.807, 2.05) is 25.1 Å². The summed E-state index contributed by atoms with van der Waals surface area (Å²) in [4.78, 5) is 10.4. The normalized spacial score (nSPS) is 10.7. The van der Waals surface area contributed by atoms with Crippen molar-refractivity contribution in [1.82, 2.24) is 0 Å². The first-order valence-corrected chi connectivity index (χ1v) is 7.64. The van der Waals surface area contributed by atoms with Gasteiger partial charge in [-0.2, -0.15) is 0 Å². The van der Waals surface area contributed by atoms with E-state index in [4.69, 9.17) is 9.15 Å². The minimum absolute atomic E-state index is 0.0473. The highest BCUT2D eigenvalue weighted by atomic mass is 79.9. The number of nitrogens with zero attached hydrogens (tertiary/aromatic N) is 1. The van der Waals surface area contributed by atoms with Crippen molar-refractivity contribution in [3.63, 3.8) is 0 Å². The van der Waals surface area contributed by atoms with Gasteiger partial charge in [0.1, 0.15) is 5.75 Å². The van der Waals surface area contributed by atoms with Gasteiger partial charge in [0.25, 0.3) is 5.69 Å². The zero-order chi connectivity index (χ0) is 16.6. The van der Waals surface area contributed by atoms with Crippen LogP contribution in [0.15, 0.2) is 51.4 Å². The van der Waals surface area contributed by atoms with E-state index >= 15 is 0 Å². The van der Waals surface area contributed by atoms with Gasteiger partial charge in [0, 0.05) is 23.6 Å². The number of aryl methyl sites for hydroxylation is 1. The average Bonchev–Trinajstić information content (AvgIpc) is 2.53. The van der Waals surface area contributed by atoms with E-state index in [2.05, 4.69) is 15.9 Å². The van der Waals surface area contributed by atoms with Crippen LogP contribution in [0.3, 0.4) is 0 Å². The van der Waals surface area contributed by atoms with Crippen LogP contribution in [0.4, 0.5) is 5.69 Å². The molecular weight excluding hydrogens is 362 g/mol. The van der Waals surface area contributed by atoms with Crippen LogP contribution in [0, 0.1) is 17.0 Å². The average molecular weight is 375 g/mol. The lowest BCUT2D eigenvalue weighted by Gasteiger charge is -2.05. The van der Waals surface area contributed by atoms with Crippen molar-refractivity contribution < 1.29 is 14.1 Å². The van der Waals surface area contributed by atoms with E-state index in [-0.39, 0.29) is 5.69 Å². The van der Waals surface area contributed by atoms with Gasteiger partial charge in [0.05, 0.1) is 34.4 Å². The summed E-state index contributed by atoms with van der Waals surface area (Å²) < 4.78 is 12.1. The van der Waals surface area contributed by atoms with Crippen LogP contribution in [0.25, 0.3) is 22.1 Å². The molecule has 0 aliphatic heterocycles. The predicted molar refractivity (Wildman–Crippen MR) is 91.7 cm³/mol. The molecule has 5 nitrogen and oxygen atoms in total. The molecule has 6 heteroatoms. The van der Waals surface area contributed by atoms with Gasteiger partial charge in [-0.1, -0.05) is 0 Å². The molecule has 116 valence electrons. The van der Waals surface area contributed by atoms with Crippen LogP contribution >= 0.6 is 15.9 Å². The lowest BCUT2D eigenvalue weighted by molar-refractivity contribution is -0.384. The lowest BCUT2D eigenvalue weighted by Crippen LogP contribution is -1.90. The van der Waals surface area contributed by atoms with Gasteiger partial charge in [-0.05, 0) is 40.2 Å². The minimum Gasteiger partial charge on any atom is -0.496 e. The molecule has 3 rings (SSSR count). The van der Waals surface area contributed by atoms with E-state index < -0.39 is 4.92 Å². The molecular formula is C17H13BrNO4+. The smallest absolute Gasteiger partial charge is 0.368 e. The van der Waals surface area contributed by atoms with Crippen molar-refractivity contribution in [2.75, 3.05) is 7.11 Å². The summed E-state index contributed by atoms with van der Waals surface area (Å²) >= 11 is 3.48. The van der Waals surface area contributed by atoms with Crippen LogP contribution in [0.5, 0.6) is 5.75 Å². The largest absolute Gasteiger partial charge is 0.496 e. The van der Waals surface area contributed by atoms with Crippen molar-refractivity contribution in [3.05, 3.63) is 62.8 Å². The first-order chi connectivity index (χ1) is 11.0. The summed E-state index contributed by atoms with van der Waals surface area (Å²) in [5.41, 5.74) is 0.819. The van der Waals surface area contributed by atoms with Gasteiger partial charge >= 0.3 is 11.5 Å². The molecule has 0 saturated carbocycles. The number of benzene rings is 2. The summed E-state index contributed by atoms with van der Waals surface area (Å²) in [7, 11) is 1.60. The zero-order valence-electron chi connectivity index (χ0n) is 12.5. The van der Waals surface area contributed by atoms with Crippen LogP contribution in [-0.2, 0) is 0 Å². The Hall–Kier alpha value is -2.47. The summed E-state index contributed by atoms with van der Waals surface area (Å²) in [6.45, 7) is 1.87. The molecule has 1 aromatic heterocycles. The summed E-state index contributed by atoms with van der Waals surface area (Å²) in [5.74, 6) is 2.10. The molecule has 0 spiro atoms. The Bertz CT molecular complexity index is 907. The molecule has 0 amide bonds. The molecule has 0 radical (unpaired) electrons. The highest BCUT2D eigenvalue weighted by Gasteiger charge is 2.21. The monoisotopic (exact) mass is 374 g/mol. The quantitative estimate of drug-likeness (QED) is 0.351. The fraction of sp³-hybridized carbons (Fsp3) is 0.118. The number of nitro benzene ring substituents is 1. The van der Waals surface area contributed by atoms with Crippen molar-refractivity contribution in [2.45, 2.75) is 6.92 Å². The summed E-state index contributed by atoms with van der Waals surface area (Å²) in [6, 6.07) is 12.1. The fourth-order valence-corrected chi connectivity index (χ4v) is 2.98. The summed E-state index contributed by atoms with van der Waals surface area (Å²) in [6.07, 6.45) is 0. The number of rotatable bonds is 3. The Morgan fingerprint density at radius 2 is 1.87 bits per heavy atom. The minimum atomic E-state index is -0.421. The maximum absolute atomic E-state index is 10.8. The van der Waals surface area contributed by atoms with E-state index in [0.717, 1.165) is 26.6 Å². The van der Waals surface area contributed by atoms with Crippen molar-refractivity contribution in [2.24, 2.45) is 0 Å². The van der Waals surface area contributed by atoms with Gasteiger partial charge < -0.3 is 4.74 Å². The molecule has 0 fully saturated rings. The number of halogens is 1. The van der Waals surface area contributed by atoms with Crippen LogP contribution in [0.2, 0.25) is 0 Å². The maximum atomic E-state index is 10.8. The second-order valence-corrected chi connectivity index (χ2v) is 5.92. The van der Waals surface area contributed by atoms with Crippen LogP contribution in [-0.4, -0.2) is 12.0 Å². The number of hydrogen-bond acceptors (Lipinski definition) is 3. The maximum Gasteiger partial charge on any atom is 0.368 e. The molecule has 1 heterocycles. The van der Waals surface area contributed by atoms with Gasteiger partial charge in [-0.15, -0.1) is 0 Å². The number of nitro groups is 1. The third kappa shape index (κ3) is 2.90. The van der Waals surface area contributed by atoms with Gasteiger partial charge in [-0.25, -0.2) is 4.42 Å². The third-order valence-electron chi connectivity index (χ3n) is 3.53. The standard InChI is InChI=1S/C17H13BrNO4/c1-10-7-12-8-15(18)16(22-2)9-14(12)17(23-10)11-3-5-13(6-4-11)19(20)21/h3-9H,1-2H3/q+1. The molecule has 0 N–H and O–H groups in total. The number of methoxy groups -OCH3 is 1. The predicted octanol–water partition coefficient (Wildman–Crippen LogP) is 5.37. The molecule has 0 atom stereocenters. The molecule has 23 heavy (non-hydrogen) atoms. The van der Waals surface area contributed by atoms with E-state index in [0.29, 0.717) is 11.5 Å². The van der Waals surface area contributed by atoms with Gasteiger partial charge in [-0.3, -0.25) is 10.1 Å². The fourth-order valence-electron chi connectivity index (χ4n) is 2.45. The third-order valence-corrected chi connectivity index (χ3v) is 4.15. The van der Waals surface area contributed by atoms with E-state index in [9.17, 15) is 10.1 Å². The first-order valence-electron chi connectivity index (χ1n) is 6.85. The van der Waals surface area contributed by atoms with Gasteiger partial charge in [0.2, 0.25) is 0 Å². The van der Waals surface area contributed by atoms with Crippen molar-refractivity contribution >= 4 is 32.4 Å². The Morgan fingerprint density at radius 1 is 1.17 bits per heavy atom. The molecule has 0 saturated heterocycles. The van der Waals surface area contributed by atoms with Crippen LogP contribution < -0.4 is 4.74 Å². The van der Waals surface area contributed by atoms with E-state index in [1.54, 1.807) is 19.2 Å². The van der Waals surface area contributed by atoms with Gasteiger partial charge in [0.15, 0.2) is 0 Å². The molecule has 0 aliphatic rings. The lowest BCUT2D eigenvalue weighted by atomic mass is 10.0. The Labute approximate surface area is 140 Å². The zero-order valence-corrected chi connectivity index (χ0v) is 14.1. The number of non-ortho nitro benzene ring substituents is 1. The Kier molecular flexibility index (Phi) is 4.00. The van der Waals surface area contributed by atoms with Crippen molar-refractivity contribution in [3.8, 4) is 17.1 Å². The highest BCUT2D eigenvalue weighted by molar-refractivity contribution is 9.10. The number of hydrogen-bond donors (Lipinski definition) is 0. The number of ether oxygens (including phenoxy) is 1.